The van der Waals surface area contributed by atoms with Crippen molar-refractivity contribution in [3.05, 3.63) is 120 Å². The van der Waals surface area contributed by atoms with Gasteiger partial charge in [-0.2, -0.15) is 0 Å². The van der Waals surface area contributed by atoms with Gasteiger partial charge in [-0.05, 0) is 88.9 Å². The van der Waals surface area contributed by atoms with E-state index in [2.05, 4.69) is 84.9 Å². The highest BCUT2D eigenvalue weighted by molar-refractivity contribution is 8.76. The Balaban J connectivity index is 0.997. The zero-order chi connectivity index (χ0) is 29.4. The van der Waals surface area contributed by atoms with Crippen molar-refractivity contribution in [1.29, 1.82) is 0 Å². The van der Waals surface area contributed by atoms with Crippen LogP contribution in [-0.4, -0.2) is 35.7 Å². The summed E-state index contributed by atoms with van der Waals surface area (Å²) in [6, 6.07) is 36.9. The molecule has 212 valence electrons. The summed E-state index contributed by atoms with van der Waals surface area (Å²) in [5.41, 5.74) is 0.993. The van der Waals surface area contributed by atoms with Crippen LogP contribution in [-0.2, 0) is 9.47 Å². The number of hydrogen-bond donors (Lipinski definition) is 0. The maximum absolute atomic E-state index is 13.5. The van der Waals surface area contributed by atoms with Crippen LogP contribution in [0.2, 0.25) is 0 Å². The molecular formula is C38H24O4S2. The standard InChI is InChI=1S/C38H24O4S2/c39-37(29-15-25-11-7-21-3-1-4-22-8-12-26(16-29)35(25)33(21)22)41-31-19-43-44-20-32(31)42-38(40)30-17-27-13-9-23-5-2-6-24-10-14-28(18-30)36(27)34(23)24/h1-18,31-32H,19-20H2. The third kappa shape index (κ3) is 4.09. The van der Waals surface area contributed by atoms with Crippen molar-refractivity contribution in [3.63, 3.8) is 0 Å². The first-order valence-corrected chi connectivity index (χ1v) is 17.1. The summed E-state index contributed by atoms with van der Waals surface area (Å²) in [5, 5.41) is 13.5. The second kappa shape index (κ2) is 10.0. The first-order chi connectivity index (χ1) is 21.6. The Morgan fingerprint density at radius 2 is 0.750 bits per heavy atom. The Morgan fingerprint density at radius 3 is 1.09 bits per heavy atom. The van der Waals surface area contributed by atoms with Gasteiger partial charge in [-0.25, -0.2) is 9.59 Å². The van der Waals surface area contributed by atoms with E-state index in [9.17, 15) is 9.59 Å². The van der Waals surface area contributed by atoms with Gasteiger partial charge in [0.2, 0.25) is 0 Å². The van der Waals surface area contributed by atoms with E-state index in [0.29, 0.717) is 22.6 Å². The number of carbonyl (C=O) groups is 2. The molecule has 0 saturated carbocycles. The predicted octanol–water partition coefficient (Wildman–Crippen LogP) is 9.63. The van der Waals surface area contributed by atoms with E-state index in [1.165, 1.54) is 32.3 Å². The number of benzene rings is 8. The molecule has 1 aliphatic heterocycles. The summed E-state index contributed by atoms with van der Waals surface area (Å²) < 4.78 is 12.1. The molecular weight excluding hydrogens is 585 g/mol. The van der Waals surface area contributed by atoms with Crippen molar-refractivity contribution in [1.82, 2.24) is 0 Å². The van der Waals surface area contributed by atoms with Crippen molar-refractivity contribution < 1.29 is 19.1 Å². The van der Waals surface area contributed by atoms with Gasteiger partial charge in [0.05, 0.1) is 11.1 Å². The molecule has 44 heavy (non-hydrogen) atoms. The third-order valence-electron chi connectivity index (χ3n) is 8.88. The molecule has 0 spiro atoms. The molecule has 6 heteroatoms. The third-order valence-corrected chi connectivity index (χ3v) is 11.3. The van der Waals surface area contributed by atoms with Crippen LogP contribution in [0, 0.1) is 0 Å². The largest absolute Gasteiger partial charge is 0.454 e. The molecule has 9 rings (SSSR count). The van der Waals surface area contributed by atoms with Gasteiger partial charge in [-0.3, -0.25) is 0 Å². The highest BCUT2D eigenvalue weighted by Crippen LogP contribution is 2.38. The normalized spacial score (nSPS) is 17.4. The van der Waals surface area contributed by atoms with Crippen LogP contribution in [0.4, 0.5) is 0 Å². The van der Waals surface area contributed by atoms with Crippen molar-refractivity contribution in [2.45, 2.75) is 12.2 Å². The Labute approximate surface area is 260 Å². The van der Waals surface area contributed by atoms with E-state index in [0.717, 1.165) is 32.3 Å². The molecule has 1 fully saturated rings. The number of hydrogen-bond acceptors (Lipinski definition) is 6. The average molecular weight is 609 g/mol. The molecule has 1 saturated heterocycles. The number of ether oxygens (including phenoxy) is 2. The van der Waals surface area contributed by atoms with Gasteiger partial charge in [0, 0.05) is 11.5 Å². The summed E-state index contributed by atoms with van der Waals surface area (Å²) in [6.07, 6.45) is -1.09. The van der Waals surface area contributed by atoms with Crippen LogP contribution in [0.1, 0.15) is 20.7 Å². The van der Waals surface area contributed by atoms with Gasteiger partial charge in [0.1, 0.15) is 12.2 Å². The van der Waals surface area contributed by atoms with E-state index in [-0.39, 0.29) is 0 Å². The zero-order valence-corrected chi connectivity index (χ0v) is 25.0. The number of carbonyl (C=O) groups excluding carboxylic acids is 2. The van der Waals surface area contributed by atoms with Crippen LogP contribution in [0.25, 0.3) is 64.6 Å². The van der Waals surface area contributed by atoms with E-state index in [1.807, 2.05) is 24.3 Å². The molecule has 4 nitrogen and oxygen atoms in total. The molecule has 8 aromatic rings. The molecule has 1 aliphatic rings. The zero-order valence-electron chi connectivity index (χ0n) is 23.4. The van der Waals surface area contributed by atoms with Crippen LogP contribution < -0.4 is 0 Å². The van der Waals surface area contributed by atoms with E-state index in [4.69, 9.17) is 9.47 Å². The lowest BCUT2D eigenvalue weighted by Gasteiger charge is -2.30. The van der Waals surface area contributed by atoms with Crippen LogP contribution in [0.15, 0.2) is 109 Å². The monoisotopic (exact) mass is 608 g/mol. The maximum Gasteiger partial charge on any atom is 0.338 e. The summed E-state index contributed by atoms with van der Waals surface area (Å²) in [7, 11) is 3.26. The van der Waals surface area contributed by atoms with Crippen molar-refractivity contribution in [2.75, 3.05) is 11.5 Å². The van der Waals surface area contributed by atoms with Crippen LogP contribution in [0.3, 0.4) is 0 Å². The molecule has 0 aromatic heterocycles. The predicted molar refractivity (Wildman–Crippen MR) is 184 cm³/mol. The fraction of sp³-hybridized carbons (Fsp3) is 0.105. The smallest absolute Gasteiger partial charge is 0.338 e. The molecule has 2 atom stereocenters. The van der Waals surface area contributed by atoms with Gasteiger partial charge >= 0.3 is 11.9 Å². The molecule has 8 aromatic carbocycles. The quantitative estimate of drug-likeness (QED) is 0.113. The minimum Gasteiger partial charge on any atom is -0.454 e. The van der Waals surface area contributed by atoms with Gasteiger partial charge < -0.3 is 9.47 Å². The van der Waals surface area contributed by atoms with Crippen molar-refractivity contribution >= 4 is 98.2 Å². The number of rotatable bonds is 4. The topological polar surface area (TPSA) is 52.6 Å². The van der Waals surface area contributed by atoms with E-state index < -0.39 is 24.1 Å². The summed E-state index contributed by atoms with van der Waals surface area (Å²) in [5.74, 6) is 0.279. The SMILES string of the molecule is O=C(OC1CSSCC1OC(=O)c1cc2ccc3cccc4ccc(c1)c2c34)c1cc2ccc3cccc4ccc(c1)c2c34. The fourth-order valence-electron chi connectivity index (χ4n) is 6.82. The van der Waals surface area contributed by atoms with Crippen LogP contribution in [0.5, 0.6) is 0 Å². The van der Waals surface area contributed by atoms with E-state index in [1.54, 1.807) is 21.6 Å². The van der Waals surface area contributed by atoms with Crippen LogP contribution >= 0.6 is 21.6 Å². The highest BCUT2D eigenvalue weighted by Gasteiger charge is 2.33. The second-order valence-corrected chi connectivity index (χ2v) is 14.0. The molecule has 2 unspecified atom stereocenters. The lowest BCUT2D eigenvalue weighted by molar-refractivity contribution is -0.0212. The Morgan fingerprint density at radius 1 is 0.455 bits per heavy atom. The first-order valence-electron chi connectivity index (χ1n) is 14.6. The van der Waals surface area contributed by atoms with Gasteiger partial charge in [-0.1, -0.05) is 107 Å². The van der Waals surface area contributed by atoms with Crippen molar-refractivity contribution in [2.24, 2.45) is 0 Å². The molecule has 1 heterocycles. The van der Waals surface area contributed by atoms with Gasteiger partial charge in [-0.15, -0.1) is 0 Å². The highest BCUT2D eigenvalue weighted by atomic mass is 33.1. The summed E-state index contributed by atoms with van der Waals surface area (Å²) in [4.78, 5) is 27.1. The molecule has 0 bridgehead atoms. The van der Waals surface area contributed by atoms with Gasteiger partial charge in [0.15, 0.2) is 0 Å². The Bertz CT molecular complexity index is 2120. The average Bonchev–Trinajstić information content (AvgIpc) is 3.06. The number of esters is 2. The Hall–Kier alpha value is -4.52. The Kier molecular flexibility index (Phi) is 5.90. The second-order valence-electron chi connectivity index (χ2n) is 11.5. The molecule has 0 aliphatic carbocycles. The lowest BCUT2D eigenvalue weighted by atomic mass is 9.93. The maximum atomic E-state index is 13.5. The summed E-state index contributed by atoms with van der Waals surface area (Å²) in [6.45, 7) is 0. The summed E-state index contributed by atoms with van der Waals surface area (Å²) >= 11 is 0. The first kappa shape index (κ1) is 25.9. The molecule has 0 amide bonds. The van der Waals surface area contributed by atoms with Gasteiger partial charge in [0.25, 0.3) is 0 Å². The minimum absolute atomic E-state index is 0.406. The fourth-order valence-corrected chi connectivity index (χ4v) is 9.23. The minimum atomic E-state index is -0.547. The molecule has 0 N–H and O–H groups in total. The lowest BCUT2D eigenvalue weighted by Crippen LogP contribution is -2.40. The molecule has 0 radical (unpaired) electrons. The van der Waals surface area contributed by atoms with E-state index >= 15 is 0 Å². The van der Waals surface area contributed by atoms with Crippen molar-refractivity contribution in [3.8, 4) is 0 Å².